The summed E-state index contributed by atoms with van der Waals surface area (Å²) >= 11 is 0. The highest BCUT2D eigenvalue weighted by Crippen LogP contribution is 2.18. The number of halogens is 3. The van der Waals surface area contributed by atoms with Crippen LogP contribution >= 0.6 is 0 Å². The van der Waals surface area contributed by atoms with Crippen molar-refractivity contribution in [2.75, 3.05) is 60.0 Å². The molecule has 1 heterocycles. The van der Waals surface area contributed by atoms with Gasteiger partial charge < -0.3 is 10.1 Å². The zero-order chi connectivity index (χ0) is 13.6. The maximum Gasteiger partial charge on any atom is 0.401 e. The minimum absolute atomic E-state index is 0.230. The van der Waals surface area contributed by atoms with E-state index in [9.17, 15) is 13.2 Å². The number of nitrogens with zero attached hydrogens (tertiary/aromatic N) is 2. The van der Waals surface area contributed by atoms with Gasteiger partial charge in [0.05, 0.1) is 13.2 Å². The highest BCUT2D eigenvalue weighted by atomic mass is 19.4. The van der Waals surface area contributed by atoms with Crippen LogP contribution in [0.25, 0.3) is 0 Å². The molecule has 0 amide bonds. The molecule has 1 aliphatic rings. The van der Waals surface area contributed by atoms with Crippen molar-refractivity contribution in [3.8, 4) is 0 Å². The fraction of sp³-hybridized carbons (Fsp3) is 1.00. The number of methoxy groups -OCH3 is 1. The molecule has 7 heteroatoms. The van der Waals surface area contributed by atoms with Gasteiger partial charge in [-0.05, 0) is 7.05 Å². The lowest BCUT2D eigenvalue weighted by Gasteiger charge is -2.39. The molecule has 0 spiro atoms. The quantitative estimate of drug-likeness (QED) is 0.755. The number of rotatable bonds is 6. The number of nitrogens with one attached hydrogen (secondary N) is 1. The maximum atomic E-state index is 12.3. The first-order valence-corrected chi connectivity index (χ1v) is 6.13. The average molecular weight is 269 g/mol. The molecular weight excluding hydrogens is 247 g/mol. The topological polar surface area (TPSA) is 27.7 Å². The number of hydrogen-bond acceptors (Lipinski definition) is 4. The van der Waals surface area contributed by atoms with Crippen LogP contribution in [0.4, 0.5) is 13.2 Å². The summed E-state index contributed by atoms with van der Waals surface area (Å²) < 4.78 is 41.9. The molecule has 0 aromatic heterocycles. The van der Waals surface area contributed by atoms with Crippen molar-refractivity contribution in [1.82, 2.24) is 15.1 Å². The van der Waals surface area contributed by atoms with Gasteiger partial charge in [0, 0.05) is 45.9 Å². The second-order valence-electron chi connectivity index (χ2n) is 4.59. The number of likely N-dealkylation sites (N-methyl/N-ethyl adjacent to an activating group) is 1. The van der Waals surface area contributed by atoms with Gasteiger partial charge in [-0.25, -0.2) is 0 Å². The SMILES string of the molecule is CNCC(COC)N1CCN(CC(F)(F)F)CC1. The van der Waals surface area contributed by atoms with Crippen molar-refractivity contribution in [1.29, 1.82) is 0 Å². The van der Waals surface area contributed by atoms with E-state index in [0.29, 0.717) is 32.8 Å². The molecule has 1 aliphatic heterocycles. The molecule has 0 bridgehead atoms. The van der Waals surface area contributed by atoms with Gasteiger partial charge >= 0.3 is 6.18 Å². The highest BCUT2D eigenvalue weighted by Gasteiger charge is 2.33. The van der Waals surface area contributed by atoms with Gasteiger partial charge in [0.2, 0.25) is 0 Å². The predicted octanol–water partition coefficient (Wildman–Crippen LogP) is 0.401. The minimum atomic E-state index is -4.10. The minimum Gasteiger partial charge on any atom is -0.383 e. The van der Waals surface area contributed by atoms with Crippen molar-refractivity contribution in [2.24, 2.45) is 0 Å². The van der Waals surface area contributed by atoms with E-state index in [-0.39, 0.29) is 6.04 Å². The summed E-state index contributed by atoms with van der Waals surface area (Å²) in [5, 5.41) is 3.08. The molecule has 0 saturated carbocycles. The molecule has 0 aromatic rings. The lowest BCUT2D eigenvalue weighted by atomic mass is 10.2. The van der Waals surface area contributed by atoms with Crippen molar-refractivity contribution in [3.05, 3.63) is 0 Å². The third kappa shape index (κ3) is 5.51. The van der Waals surface area contributed by atoms with Crippen molar-refractivity contribution in [2.45, 2.75) is 12.2 Å². The smallest absolute Gasteiger partial charge is 0.383 e. The zero-order valence-electron chi connectivity index (χ0n) is 11.0. The van der Waals surface area contributed by atoms with Crippen LogP contribution in [0.3, 0.4) is 0 Å². The van der Waals surface area contributed by atoms with Crippen LogP contribution in [0.2, 0.25) is 0 Å². The van der Waals surface area contributed by atoms with Gasteiger partial charge in [-0.1, -0.05) is 0 Å². The van der Waals surface area contributed by atoms with Crippen molar-refractivity contribution >= 4 is 0 Å². The molecule has 1 rings (SSSR count). The largest absolute Gasteiger partial charge is 0.401 e. The van der Waals surface area contributed by atoms with E-state index in [1.165, 1.54) is 4.90 Å². The second kappa shape index (κ2) is 7.28. The Kier molecular flexibility index (Phi) is 6.34. The summed E-state index contributed by atoms with van der Waals surface area (Å²) in [4.78, 5) is 3.65. The van der Waals surface area contributed by atoms with Crippen LogP contribution in [-0.4, -0.2) is 82.1 Å². The highest BCUT2D eigenvalue weighted by molar-refractivity contribution is 4.80. The lowest BCUT2D eigenvalue weighted by Crippen LogP contribution is -2.55. The van der Waals surface area contributed by atoms with Crippen LogP contribution in [0, 0.1) is 0 Å². The number of alkyl halides is 3. The summed E-state index contributed by atoms with van der Waals surface area (Å²) in [6, 6.07) is 0.230. The zero-order valence-corrected chi connectivity index (χ0v) is 11.0. The van der Waals surface area contributed by atoms with Gasteiger partial charge in [0.1, 0.15) is 0 Å². The Balaban J connectivity index is 2.37. The third-order valence-corrected chi connectivity index (χ3v) is 3.12. The number of ether oxygens (including phenoxy) is 1. The van der Waals surface area contributed by atoms with E-state index in [4.69, 9.17) is 4.74 Å². The van der Waals surface area contributed by atoms with Gasteiger partial charge in [0.25, 0.3) is 0 Å². The summed E-state index contributed by atoms with van der Waals surface area (Å²) in [6.45, 7) is 2.82. The molecule has 0 aromatic carbocycles. The van der Waals surface area contributed by atoms with E-state index >= 15 is 0 Å². The molecule has 1 atom stereocenters. The van der Waals surface area contributed by atoms with Crippen molar-refractivity contribution < 1.29 is 17.9 Å². The Bertz CT molecular complexity index is 224. The molecular formula is C11H22F3N3O. The number of piperazine rings is 1. The van der Waals surface area contributed by atoms with Crippen LogP contribution in [-0.2, 0) is 4.74 Å². The molecule has 1 saturated heterocycles. The summed E-state index contributed by atoms with van der Waals surface area (Å²) in [5.41, 5.74) is 0. The van der Waals surface area contributed by atoms with E-state index < -0.39 is 12.7 Å². The lowest BCUT2D eigenvalue weighted by molar-refractivity contribution is -0.150. The number of hydrogen-bond donors (Lipinski definition) is 1. The first-order valence-electron chi connectivity index (χ1n) is 6.13. The normalized spacial score (nSPS) is 21.2. The van der Waals surface area contributed by atoms with Crippen LogP contribution in [0.15, 0.2) is 0 Å². The predicted molar refractivity (Wildman–Crippen MR) is 63.7 cm³/mol. The fourth-order valence-electron chi connectivity index (χ4n) is 2.26. The Labute approximate surface area is 106 Å². The molecule has 108 valence electrons. The van der Waals surface area contributed by atoms with E-state index in [0.717, 1.165) is 6.54 Å². The third-order valence-electron chi connectivity index (χ3n) is 3.12. The Hall–Kier alpha value is -0.370. The summed E-state index contributed by atoms with van der Waals surface area (Å²) in [7, 11) is 3.51. The molecule has 0 aliphatic carbocycles. The van der Waals surface area contributed by atoms with E-state index in [1.54, 1.807) is 7.11 Å². The molecule has 1 unspecified atom stereocenters. The average Bonchev–Trinajstić information content (AvgIpc) is 2.28. The molecule has 1 N–H and O–H groups in total. The van der Waals surface area contributed by atoms with Crippen LogP contribution in [0.5, 0.6) is 0 Å². The van der Waals surface area contributed by atoms with Gasteiger partial charge in [-0.15, -0.1) is 0 Å². The van der Waals surface area contributed by atoms with E-state index in [2.05, 4.69) is 10.2 Å². The molecule has 4 nitrogen and oxygen atoms in total. The Morgan fingerprint density at radius 3 is 2.28 bits per heavy atom. The van der Waals surface area contributed by atoms with Crippen molar-refractivity contribution in [3.63, 3.8) is 0 Å². The van der Waals surface area contributed by atoms with Crippen LogP contribution < -0.4 is 5.32 Å². The van der Waals surface area contributed by atoms with Gasteiger partial charge in [-0.3, -0.25) is 9.80 Å². The fourth-order valence-corrected chi connectivity index (χ4v) is 2.26. The van der Waals surface area contributed by atoms with Gasteiger partial charge in [0.15, 0.2) is 0 Å². The Morgan fingerprint density at radius 2 is 1.83 bits per heavy atom. The first-order chi connectivity index (χ1) is 8.46. The van der Waals surface area contributed by atoms with Gasteiger partial charge in [-0.2, -0.15) is 13.2 Å². The summed E-state index contributed by atoms with van der Waals surface area (Å²) in [6.07, 6.45) is -4.10. The van der Waals surface area contributed by atoms with E-state index in [1.807, 2.05) is 7.05 Å². The standard InChI is InChI=1S/C11H22F3N3O/c1-15-7-10(8-18-2)17-5-3-16(4-6-17)9-11(12,13)14/h10,15H,3-9H2,1-2H3. The first kappa shape index (κ1) is 15.7. The monoisotopic (exact) mass is 269 g/mol. The molecule has 18 heavy (non-hydrogen) atoms. The molecule has 1 fully saturated rings. The Morgan fingerprint density at radius 1 is 1.22 bits per heavy atom. The summed E-state index contributed by atoms with van der Waals surface area (Å²) in [5.74, 6) is 0. The molecule has 0 radical (unpaired) electrons. The van der Waals surface area contributed by atoms with Crippen LogP contribution in [0.1, 0.15) is 0 Å². The second-order valence-corrected chi connectivity index (χ2v) is 4.59. The maximum absolute atomic E-state index is 12.3.